The number of aromatic nitrogens is 1. The molecule has 0 aliphatic rings. The number of halogens is 3. The second kappa shape index (κ2) is 6.18. The summed E-state index contributed by atoms with van der Waals surface area (Å²) in [5.41, 5.74) is 0.270. The molecular formula is C12H11F3N2O3. The van der Waals surface area contributed by atoms with Crippen LogP contribution in [0.25, 0.3) is 6.08 Å². The first-order valence-electron chi connectivity index (χ1n) is 5.38. The van der Waals surface area contributed by atoms with Gasteiger partial charge in [0.15, 0.2) is 0 Å². The molecule has 108 valence electrons. The topological polar surface area (TPSA) is 70.5 Å². The smallest absolute Gasteiger partial charge is 0.406 e. The van der Waals surface area contributed by atoms with Crippen LogP contribution in [0, 0.1) is 0 Å². The summed E-state index contributed by atoms with van der Waals surface area (Å²) in [6, 6.07) is 2.62. The van der Waals surface area contributed by atoms with Gasteiger partial charge in [0.1, 0.15) is 12.2 Å². The standard InChI is InChI=1S/C12H11F3N2O3/c1-17(7-12(13,14)15)11(20)9-4-2-8(6-16-9)3-5-10(18)19/h2-6H,7H2,1H3,(H,18,19). The van der Waals surface area contributed by atoms with Crippen LogP contribution in [0.5, 0.6) is 0 Å². The van der Waals surface area contributed by atoms with E-state index < -0.39 is 24.6 Å². The van der Waals surface area contributed by atoms with Crippen LogP contribution in [-0.2, 0) is 4.79 Å². The summed E-state index contributed by atoms with van der Waals surface area (Å²) in [7, 11) is 1.02. The molecule has 0 aromatic carbocycles. The van der Waals surface area contributed by atoms with Gasteiger partial charge in [-0.25, -0.2) is 4.79 Å². The molecule has 1 rings (SSSR count). The van der Waals surface area contributed by atoms with Crippen molar-refractivity contribution in [1.82, 2.24) is 9.88 Å². The zero-order chi connectivity index (χ0) is 15.3. The van der Waals surface area contributed by atoms with Gasteiger partial charge in [-0.05, 0) is 17.7 Å². The van der Waals surface area contributed by atoms with Gasteiger partial charge in [-0.3, -0.25) is 9.78 Å². The van der Waals surface area contributed by atoms with E-state index >= 15 is 0 Å². The fraction of sp³-hybridized carbons (Fsp3) is 0.250. The maximum Gasteiger partial charge on any atom is 0.406 e. The predicted molar refractivity (Wildman–Crippen MR) is 63.9 cm³/mol. The Bertz CT molecular complexity index is 524. The summed E-state index contributed by atoms with van der Waals surface area (Å²) in [4.78, 5) is 26.2. The van der Waals surface area contributed by atoms with E-state index in [1.54, 1.807) is 0 Å². The van der Waals surface area contributed by atoms with Crippen molar-refractivity contribution < 1.29 is 27.9 Å². The van der Waals surface area contributed by atoms with Gasteiger partial charge < -0.3 is 10.0 Å². The van der Waals surface area contributed by atoms with Crippen LogP contribution >= 0.6 is 0 Å². The average molecular weight is 288 g/mol. The molecule has 1 amide bonds. The van der Waals surface area contributed by atoms with Crippen molar-refractivity contribution in [2.45, 2.75) is 6.18 Å². The number of pyridine rings is 1. The van der Waals surface area contributed by atoms with Crippen LogP contribution in [0.1, 0.15) is 16.1 Å². The number of rotatable bonds is 4. The van der Waals surface area contributed by atoms with Gasteiger partial charge in [0.05, 0.1) is 0 Å². The summed E-state index contributed by atoms with van der Waals surface area (Å²) in [5.74, 6) is -2.01. The fourth-order valence-electron chi connectivity index (χ4n) is 1.33. The van der Waals surface area contributed by atoms with Gasteiger partial charge in [0.2, 0.25) is 0 Å². The summed E-state index contributed by atoms with van der Waals surface area (Å²) in [6.07, 6.45) is -1.14. The van der Waals surface area contributed by atoms with Crippen LogP contribution in [0.3, 0.4) is 0 Å². The zero-order valence-electron chi connectivity index (χ0n) is 10.4. The van der Waals surface area contributed by atoms with E-state index in [0.717, 1.165) is 13.1 Å². The number of carbonyl (C=O) groups is 2. The lowest BCUT2D eigenvalue weighted by Gasteiger charge is -2.18. The van der Waals surface area contributed by atoms with Crippen molar-refractivity contribution in [3.05, 3.63) is 35.7 Å². The third kappa shape index (κ3) is 5.09. The molecule has 8 heteroatoms. The van der Waals surface area contributed by atoms with E-state index in [0.29, 0.717) is 10.5 Å². The summed E-state index contributed by atoms with van der Waals surface area (Å²) >= 11 is 0. The normalized spacial score (nSPS) is 11.6. The Labute approximate surface area is 112 Å². The quantitative estimate of drug-likeness (QED) is 0.858. The molecule has 0 spiro atoms. The molecule has 1 heterocycles. The van der Waals surface area contributed by atoms with E-state index in [-0.39, 0.29) is 5.69 Å². The molecule has 1 aromatic heterocycles. The van der Waals surface area contributed by atoms with Crippen LogP contribution in [0.2, 0.25) is 0 Å². The minimum atomic E-state index is -4.48. The third-order valence-corrected chi connectivity index (χ3v) is 2.19. The van der Waals surface area contributed by atoms with Gasteiger partial charge >= 0.3 is 12.1 Å². The Balaban J connectivity index is 2.78. The number of hydrogen-bond donors (Lipinski definition) is 1. The Hall–Kier alpha value is -2.38. The van der Waals surface area contributed by atoms with Crippen molar-refractivity contribution in [2.24, 2.45) is 0 Å². The van der Waals surface area contributed by atoms with Gasteiger partial charge in [0, 0.05) is 19.3 Å². The number of hydrogen-bond acceptors (Lipinski definition) is 3. The molecule has 0 radical (unpaired) electrons. The number of alkyl halides is 3. The average Bonchev–Trinajstić information content (AvgIpc) is 2.34. The number of amides is 1. The summed E-state index contributed by atoms with van der Waals surface area (Å²) in [5, 5.41) is 8.42. The highest BCUT2D eigenvalue weighted by Crippen LogP contribution is 2.16. The van der Waals surface area contributed by atoms with E-state index in [9.17, 15) is 22.8 Å². The zero-order valence-corrected chi connectivity index (χ0v) is 10.4. The molecule has 0 atom stereocenters. The molecule has 5 nitrogen and oxygen atoms in total. The lowest BCUT2D eigenvalue weighted by Crippen LogP contribution is -2.36. The van der Waals surface area contributed by atoms with Gasteiger partial charge in [0.25, 0.3) is 5.91 Å². The summed E-state index contributed by atoms with van der Waals surface area (Å²) < 4.78 is 36.4. The minimum absolute atomic E-state index is 0.149. The first-order chi connectivity index (χ1) is 9.19. The molecule has 0 saturated carbocycles. The summed E-state index contributed by atoms with van der Waals surface area (Å²) in [6.45, 7) is -1.37. The van der Waals surface area contributed by atoms with Crippen molar-refractivity contribution >= 4 is 18.0 Å². The van der Waals surface area contributed by atoms with E-state index in [4.69, 9.17) is 5.11 Å². The predicted octanol–water partition coefficient (Wildman–Crippen LogP) is 1.81. The molecule has 0 aliphatic carbocycles. The lowest BCUT2D eigenvalue weighted by atomic mass is 10.2. The van der Waals surface area contributed by atoms with Crippen molar-refractivity contribution in [3.63, 3.8) is 0 Å². The Morgan fingerprint density at radius 2 is 2.05 bits per heavy atom. The van der Waals surface area contributed by atoms with Gasteiger partial charge in [-0.2, -0.15) is 13.2 Å². The number of carboxylic acid groups (broad SMARTS) is 1. The van der Waals surface area contributed by atoms with Crippen LogP contribution in [0.4, 0.5) is 13.2 Å². The first-order valence-corrected chi connectivity index (χ1v) is 5.38. The van der Waals surface area contributed by atoms with E-state index in [2.05, 4.69) is 4.98 Å². The molecule has 1 aromatic rings. The molecule has 0 bridgehead atoms. The minimum Gasteiger partial charge on any atom is -0.478 e. The Kier molecular flexibility index (Phi) is 4.84. The molecule has 0 unspecified atom stereocenters. The lowest BCUT2D eigenvalue weighted by molar-refractivity contribution is -0.138. The van der Waals surface area contributed by atoms with E-state index in [1.165, 1.54) is 24.4 Å². The molecule has 0 aliphatic heterocycles. The van der Waals surface area contributed by atoms with Crippen molar-refractivity contribution in [1.29, 1.82) is 0 Å². The van der Waals surface area contributed by atoms with Gasteiger partial charge in [-0.15, -0.1) is 0 Å². The molecular weight excluding hydrogens is 277 g/mol. The van der Waals surface area contributed by atoms with Crippen LogP contribution < -0.4 is 0 Å². The largest absolute Gasteiger partial charge is 0.478 e. The SMILES string of the molecule is CN(CC(F)(F)F)C(=O)c1ccc(C=CC(=O)O)cn1. The maximum atomic E-state index is 12.1. The van der Waals surface area contributed by atoms with Gasteiger partial charge in [-0.1, -0.05) is 6.07 Å². The number of aliphatic carboxylic acids is 1. The van der Waals surface area contributed by atoms with E-state index in [1.807, 2.05) is 0 Å². The number of carboxylic acids is 1. The van der Waals surface area contributed by atoms with Crippen molar-refractivity contribution in [2.75, 3.05) is 13.6 Å². The second-order valence-electron chi connectivity index (χ2n) is 3.92. The number of carbonyl (C=O) groups excluding carboxylic acids is 1. The van der Waals surface area contributed by atoms with Crippen LogP contribution in [-0.4, -0.2) is 46.6 Å². The molecule has 20 heavy (non-hydrogen) atoms. The highest BCUT2D eigenvalue weighted by molar-refractivity contribution is 5.92. The Morgan fingerprint density at radius 1 is 1.40 bits per heavy atom. The molecule has 0 fully saturated rings. The highest BCUT2D eigenvalue weighted by Gasteiger charge is 2.31. The molecule has 1 N–H and O–H groups in total. The fourth-order valence-corrected chi connectivity index (χ4v) is 1.33. The molecule has 0 saturated heterocycles. The maximum absolute atomic E-state index is 12.1. The third-order valence-electron chi connectivity index (χ3n) is 2.19. The second-order valence-corrected chi connectivity index (χ2v) is 3.92. The monoisotopic (exact) mass is 288 g/mol. The number of nitrogens with zero attached hydrogens (tertiary/aromatic N) is 2. The first kappa shape index (κ1) is 15.7. The highest BCUT2D eigenvalue weighted by atomic mass is 19.4. The van der Waals surface area contributed by atoms with Crippen LogP contribution in [0.15, 0.2) is 24.4 Å². The Morgan fingerprint density at radius 3 is 2.50 bits per heavy atom. The van der Waals surface area contributed by atoms with Crippen molar-refractivity contribution in [3.8, 4) is 0 Å².